The molecular weight excluding hydrogens is 324 g/mol. The van der Waals surface area contributed by atoms with E-state index in [2.05, 4.69) is 35.4 Å². The lowest BCUT2D eigenvalue weighted by atomic mass is 9.86. The van der Waals surface area contributed by atoms with Crippen LogP contribution in [-0.2, 0) is 11.8 Å². The van der Waals surface area contributed by atoms with Crippen LogP contribution in [0, 0.1) is 17.8 Å². The number of rotatable bonds is 4. The van der Waals surface area contributed by atoms with Gasteiger partial charge in [0.1, 0.15) is 0 Å². The summed E-state index contributed by atoms with van der Waals surface area (Å²) in [6.07, 6.45) is 7.63. The number of carbonyl (C=O) groups excluding carboxylic acids is 1. The number of hydrogen-bond acceptors (Lipinski definition) is 3. The molecule has 0 saturated carbocycles. The van der Waals surface area contributed by atoms with Crippen LogP contribution < -0.4 is 5.32 Å². The monoisotopic (exact) mass is 354 g/mol. The van der Waals surface area contributed by atoms with E-state index in [4.69, 9.17) is 0 Å². The molecule has 0 aliphatic carbocycles. The van der Waals surface area contributed by atoms with E-state index < -0.39 is 0 Å². The average molecular weight is 355 g/mol. The highest BCUT2D eigenvalue weighted by molar-refractivity contribution is 5.85. The first-order chi connectivity index (χ1) is 11.0. The molecule has 136 valence electrons. The van der Waals surface area contributed by atoms with E-state index in [0.29, 0.717) is 17.7 Å². The van der Waals surface area contributed by atoms with Crippen molar-refractivity contribution in [2.24, 2.45) is 24.8 Å². The van der Waals surface area contributed by atoms with Gasteiger partial charge in [0.15, 0.2) is 0 Å². The molecule has 3 atom stereocenters. The van der Waals surface area contributed by atoms with Gasteiger partial charge in [0.25, 0.3) is 0 Å². The molecule has 1 N–H and O–H groups in total. The topological polar surface area (TPSA) is 50.2 Å². The first-order valence-electron chi connectivity index (χ1n) is 9.02. The summed E-state index contributed by atoms with van der Waals surface area (Å²) in [5.41, 5.74) is 1.19. The van der Waals surface area contributed by atoms with Gasteiger partial charge >= 0.3 is 0 Å². The number of aryl methyl sites for hydroxylation is 1. The number of carbonyl (C=O) groups is 1. The molecule has 2 fully saturated rings. The van der Waals surface area contributed by atoms with E-state index in [1.165, 1.54) is 18.4 Å². The van der Waals surface area contributed by atoms with Crippen molar-refractivity contribution in [1.29, 1.82) is 0 Å². The van der Waals surface area contributed by atoms with Gasteiger partial charge in [0.05, 0.1) is 12.1 Å². The maximum absolute atomic E-state index is 13.1. The van der Waals surface area contributed by atoms with Crippen molar-refractivity contribution in [3.8, 4) is 0 Å². The molecule has 1 unspecified atom stereocenters. The van der Waals surface area contributed by atoms with Gasteiger partial charge in [-0.25, -0.2) is 0 Å². The lowest BCUT2D eigenvalue weighted by molar-refractivity contribution is -0.137. The molecule has 5 nitrogen and oxygen atoms in total. The molecule has 2 saturated heterocycles. The zero-order valence-electron chi connectivity index (χ0n) is 15.1. The van der Waals surface area contributed by atoms with Crippen LogP contribution in [0.2, 0.25) is 0 Å². The number of hydrogen-bond donors (Lipinski definition) is 1. The second-order valence-corrected chi connectivity index (χ2v) is 7.74. The largest absolute Gasteiger partial charge is 0.342 e. The van der Waals surface area contributed by atoms with Crippen molar-refractivity contribution in [3.63, 3.8) is 0 Å². The molecule has 3 heterocycles. The number of amides is 1. The molecule has 0 bridgehead atoms. The fraction of sp³-hybridized carbons (Fsp3) is 0.778. The van der Waals surface area contributed by atoms with Crippen LogP contribution in [0.25, 0.3) is 0 Å². The Labute approximate surface area is 151 Å². The minimum absolute atomic E-state index is 0. The van der Waals surface area contributed by atoms with Crippen molar-refractivity contribution in [1.82, 2.24) is 20.0 Å². The van der Waals surface area contributed by atoms with Crippen LogP contribution >= 0.6 is 12.4 Å². The molecule has 2 aliphatic heterocycles. The van der Waals surface area contributed by atoms with E-state index in [1.807, 2.05) is 17.9 Å². The molecule has 1 aromatic heterocycles. The second kappa shape index (κ2) is 8.34. The lowest BCUT2D eigenvalue weighted by Gasteiger charge is -2.36. The number of nitrogens with one attached hydrogen (secondary N) is 1. The third kappa shape index (κ3) is 4.31. The van der Waals surface area contributed by atoms with Gasteiger partial charge in [-0.15, -0.1) is 12.4 Å². The summed E-state index contributed by atoms with van der Waals surface area (Å²) < 4.78 is 1.83. The predicted octanol–water partition coefficient (Wildman–Crippen LogP) is 2.43. The minimum atomic E-state index is 0. The minimum Gasteiger partial charge on any atom is -0.342 e. The van der Waals surface area contributed by atoms with E-state index in [1.54, 1.807) is 0 Å². The highest BCUT2D eigenvalue weighted by Crippen LogP contribution is 2.31. The van der Waals surface area contributed by atoms with Gasteiger partial charge in [-0.3, -0.25) is 9.48 Å². The summed E-state index contributed by atoms with van der Waals surface area (Å²) >= 11 is 0. The van der Waals surface area contributed by atoms with Crippen molar-refractivity contribution in [3.05, 3.63) is 18.0 Å². The lowest BCUT2D eigenvalue weighted by Crippen LogP contribution is -2.44. The maximum Gasteiger partial charge on any atom is 0.227 e. The SMILES string of the molecule is CC(C)CC1CCCN(C(=O)[C@H]2CNC[C@@H]2c2cnn(C)c2)C1.Cl. The van der Waals surface area contributed by atoms with Gasteiger partial charge in [-0.2, -0.15) is 5.10 Å². The summed E-state index contributed by atoms with van der Waals surface area (Å²) in [6.45, 7) is 8.12. The van der Waals surface area contributed by atoms with Gasteiger partial charge < -0.3 is 10.2 Å². The highest BCUT2D eigenvalue weighted by atomic mass is 35.5. The van der Waals surface area contributed by atoms with Crippen LogP contribution in [0.1, 0.15) is 44.6 Å². The fourth-order valence-corrected chi connectivity index (χ4v) is 4.28. The van der Waals surface area contributed by atoms with Crippen LogP contribution in [-0.4, -0.2) is 46.8 Å². The Bertz CT molecular complexity index is 545. The first-order valence-corrected chi connectivity index (χ1v) is 9.02. The Morgan fingerprint density at radius 3 is 2.88 bits per heavy atom. The standard InChI is InChI=1S/C18H30N4O.ClH/c1-13(2)7-14-5-4-6-22(11-14)18(23)17-10-19-9-16(17)15-8-20-21(3)12-15;/h8,12-14,16-17,19H,4-7,9-11H2,1-3H3;1H/t14?,16-,17+;/m1./s1. The van der Waals surface area contributed by atoms with E-state index in [-0.39, 0.29) is 24.2 Å². The van der Waals surface area contributed by atoms with Crippen molar-refractivity contribution in [2.45, 2.75) is 39.0 Å². The number of piperidine rings is 1. The van der Waals surface area contributed by atoms with E-state index in [9.17, 15) is 4.79 Å². The maximum atomic E-state index is 13.1. The summed E-state index contributed by atoms with van der Waals surface area (Å²) in [7, 11) is 1.93. The van der Waals surface area contributed by atoms with Crippen molar-refractivity contribution in [2.75, 3.05) is 26.2 Å². The summed E-state index contributed by atoms with van der Waals surface area (Å²) in [5.74, 6) is 2.07. The third-order valence-corrected chi connectivity index (χ3v) is 5.32. The van der Waals surface area contributed by atoms with Crippen LogP contribution in [0.4, 0.5) is 0 Å². The molecule has 1 amide bonds. The van der Waals surface area contributed by atoms with Gasteiger partial charge in [0, 0.05) is 45.3 Å². The van der Waals surface area contributed by atoms with E-state index >= 15 is 0 Å². The van der Waals surface area contributed by atoms with Gasteiger partial charge in [0.2, 0.25) is 5.91 Å². The molecule has 0 spiro atoms. The van der Waals surface area contributed by atoms with E-state index in [0.717, 1.165) is 32.6 Å². The summed E-state index contributed by atoms with van der Waals surface area (Å²) in [6, 6.07) is 0. The number of aromatic nitrogens is 2. The zero-order chi connectivity index (χ0) is 16.4. The smallest absolute Gasteiger partial charge is 0.227 e. The quantitative estimate of drug-likeness (QED) is 0.903. The summed E-state index contributed by atoms with van der Waals surface area (Å²) in [4.78, 5) is 15.2. The van der Waals surface area contributed by atoms with Gasteiger partial charge in [-0.05, 0) is 36.7 Å². The Morgan fingerprint density at radius 1 is 1.42 bits per heavy atom. The molecule has 2 aliphatic rings. The molecule has 0 radical (unpaired) electrons. The highest BCUT2D eigenvalue weighted by Gasteiger charge is 2.38. The Kier molecular flexibility index (Phi) is 6.70. The fourth-order valence-electron chi connectivity index (χ4n) is 4.28. The molecule has 1 aromatic rings. The Hall–Kier alpha value is -1.07. The Morgan fingerprint density at radius 2 is 2.21 bits per heavy atom. The Balaban J connectivity index is 0.00000208. The molecule has 6 heteroatoms. The number of likely N-dealkylation sites (tertiary alicyclic amines) is 1. The molecule has 3 rings (SSSR count). The molecule has 0 aromatic carbocycles. The van der Waals surface area contributed by atoms with Gasteiger partial charge in [-0.1, -0.05) is 13.8 Å². The normalized spacial score (nSPS) is 27.3. The number of nitrogens with zero attached hydrogens (tertiary/aromatic N) is 3. The summed E-state index contributed by atoms with van der Waals surface area (Å²) in [5, 5.41) is 7.69. The number of halogens is 1. The third-order valence-electron chi connectivity index (χ3n) is 5.32. The van der Waals surface area contributed by atoms with Crippen LogP contribution in [0.5, 0.6) is 0 Å². The van der Waals surface area contributed by atoms with Crippen LogP contribution in [0.3, 0.4) is 0 Å². The zero-order valence-corrected chi connectivity index (χ0v) is 15.9. The molecule has 24 heavy (non-hydrogen) atoms. The first kappa shape index (κ1) is 19.3. The van der Waals surface area contributed by atoms with Crippen LogP contribution in [0.15, 0.2) is 12.4 Å². The second-order valence-electron chi connectivity index (χ2n) is 7.74. The van der Waals surface area contributed by atoms with Crippen molar-refractivity contribution < 1.29 is 4.79 Å². The molecular formula is C18H31ClN4O. The predicted molar refractivity (Wildman–Crippen MR) is 98.3 cm³/mol. The van der Waals surface area contributed by atoms with Crippen molar-refractivity contribution >= 4 is 18.3 Å². The average Bonchev–Trinajstić information content (AvgIpc) is 3.14.